The maximum absolute atomic E-state index is 11.8. The van der Waals surface area contributed by atoms with Crippen molar-refractivity contribution in [2.45, 2.75) is 72.1 Å². The van der Waals surface area contributed by atoms with Crippen LogP contribution in [-0.2, 0) is 6.42 Å². The predicted octanol–water partition coefficient (Wildman–Crippen LogP) is 4.71. The molecular weight excluding hydrogens is 391 g/mol. The molecule has 0 heterocycles. The van der Waals surface area contributed by atoms with Crippen molar-refractivity contribution in [3.63, 3.8) is 0 Å². The number of hydrazine groups is 1. The van der Waals surface area contributed by atoms with Crippen LogP contribution in [0.2, 0.25) is 13.3 Å². The van der Waals surface area contributed by atoms with Crippen molar-refractivity contribution in [3.8, 4) is 0 Å². The van der Waals surface area contributed by atoms with Crippen LogP contribution in [-0.4, -0.2) is 25.7 Å². The molecule has 1 amide bonds. The number of aryl methyl sites for hydroxylation is 1. The second kappa shape index (κ2) is 12.8. The first-order chi connectivity index (χ1) is 11.2. The molecule has 3 nitrogen and oxygen atoms in total. The summed E-state index contributed by atoms with van der Waals surface area (Å²) in [6.45, 7) is 4.61. The first-order valence-electron chi connectivity index (χ1n) is 9.15. The third-order valence-corrected chi connectivity index (χ3v) is 13.5. The first-order valence-corrected chi connectivity index (χ1v) is 15.2. The molecule has 0 bridgehead atoms. The van der Waals surface area contributed by atoms with Gasteiger partial charge in [-0.15, -0.1) is 0 Å². The zero-order valence-electron chi connectivity index (χ0n) is 14.9. The summed E-state index contributed by atoms with van der Waals surface area (Å²) < 4.78 is 4.67. The van der Waals surface area contributed by atoms with E-state index in [4.69, 9.17) is 5.84 Å². The summed E-state index contributed by atoms with van der Waals surface area (Å²) in [5.41, 5.74) is 4.10. The van der Waals surface area contributed by atoms with E-state index in [9.17, 15) is 4.79 Å². The Labute approximate surface area is 149 Å². The van der Waals surface area contributed by atoms with Crippen LogP contribution in [0.3, 0.4) is 0 Å². The van der Waals surface area contributed by atoms with E-state index in [2.05, 4.69) is 25.3 Å². The van der Waals surface area contributed by atoms with Gasteiger partial charge in [-0.3, -0.25) is 0 Å². The average molecular weight is 424 g/mol. The molecule has 1 aromatic rings. The van der Waals surface area contributed by atoms with Gasteiger partial charge < -0.3 is 0 Å². The number of unbranched alkanes of at least 4 members (excludes halogenated alkanes) is 3. The van der Waals surface area contributed by atoms with Gasteiger partial charge in [-0.05, 0) is 0 Å². The van der Waals surface area contributed by atoms with E-state index in [1.165, 1.54) is 43.0 Å². The zero-order chi connectivity index (χ0) is 16.9. The van der Waals surface area contributed by atoms with Crippen LogP contribution in [0.5, 0.6) is 0 Å². The summed E-state index contributed by atoms with van der Waals surface area (Å²) in [6, 6.07) is 7.82. The third-order valence-electron chi connectivity index (χ3n) is 4.39. The van der Waals surface area contributed by atoms with Crippen molar-refractivity contribution in [1.82, 2.24) is 5.43 Å². The standard InChI is InChI=1S/C11H15N2O.2C4H9.Sn/c1-2-3-6-9-7-4-5-8-10(9)11(14)13-12;2*1-3-4-2;/h4-5,7-8H,1-3,6,12H2,(H,13,14);2*1,3-4H2,2H3;. The van der Waals surface area contributed by atoms with Gasteiger partial charge in [-0.25, -0.2) is 0 Å². The molecule has 23 heavy (non-hydrogen) atoms. The normalized spacial score (nSPS) is 11.0. The number of hydrogen-bond acceptors (Lipinski definition) is 2. The molecule has 0 aliphatic rings. The number of carbonyl (C=O) groups excluding carboxylic acids is 1. The van der Waals surface area contributed by atoms with E-state index >= 15 is 0 Å². The van der Waals surface area contributed by atoms with Crippen LogP contribution in [0.1, 0.15) is 68.3 Å². The Bertz CT molecular complexity index is 443. The fraction of sp³-hybridized carbons (Fsp3) is 0.632. The van der Waals surface area contributed by atoms with Crippen LogP contribution in [0.15, 0.2) is 24.3 Å². The summed E-state index contributed by atoms with van der Waals surface area (Å²) in [4.78, 5) is 11.8. The molecule has 1 rings (SSSR count). The molecule has 1 aromatic carbocycles. The number of nitrogen functional groups attached to an aromatic ring is 1. The van der Waals surface area contributed by atoms with Crippen LogP contribution in [0, 0.1) is 0 Å². The Balaban J connectivity index is 2.41. The van der Waals surface area contributed by atoms with Crippen molar-refractivity contribution in [2.24, 2.45) is 5.84 Å². The molecule has 4 heteroatoms. The number of hydrogen-bond donors (Lipinski definition) is 2. The Kier molecular flexibility index (Phi) is 11.4. The Hall–Kier alpha value is -0.551. The number of nitrogens with two attached hydrogens (primary N) is 1. The van der Waals surface area contributed by atoms with E-state index in [1.807, 2.05) is 18.2 Å². The van der Waals surface area contributed by atoms with Gasteiger partial charge in [0.25, 0.3) is 0 Å². The van der Waals surface area contributed by atoms with Gasteiger partial charge in [0, 0.05) is 0 Å². The SMILES string of the molecule is CCC[CH2][Sn]([CH2]CCC)[CH2]CCCc1ccccc1C(=O)NN. The van der Waals surface area contributed by atoms with Gasteiger partial charge in [-0.2, -0.15) is 0 Å². The van der Waals surface area contributed by atoms with Crippen molar-refractivity contribution < 1.29 is 4.79 Å². The number of nitrogens with one attached hydrogen (secondary N) is 1. The summed E-state index contributed by atoms with van der Waals surface area (Å²) in [6.07, 6.45) is 9.09. The van der Waals surface area contributed by atoms with Crippen LogP contribution in [0.25, 0.3) is 0 Å². The third kappa shape index (κ3) is 8.20. The number of carbonyl (C=O) groups is 1. The average Bonchev–Trinajstić information content (AvgIpc) is 2.59. The first kappa shape index (κ1) is 20.5. The summed E-state index contributed by atoms with van der Waals surface area (Å²) in [5, 5.41) is 0. The second-order valence-electron chi connectivity index (χ2n) is 6.29. The minimum absolute atomic E-state index is 0.178. The molecule has 1 radical (unpaired) electrons. The second-order valence-corrected chi connectivity index (χ2v) is 14.9. The number of amides is 1. The van der Waals surface area contributed by atoms with Gasteiger partial charge in [0.15, 0.2) is 0 Å². The fourth-order valence-electron chi connectivity index (χ4n) is 2.96. The molecule has 0 aliphatic heterocycles. The summed E-state index contributed by atoms with van der Waals surface area (Å²) in [7, 11) is 0. The maximum atomic E-state index is 11.8. The zero-order valence-corrected chi connectivity index (χ0v) is 17.7. The van der Waals surface area contributed by atoms with Crippen LogP contribution < -0.4 is 11.3 Å². The van der Waals surface area contributed by atoms with E-state index in [-0.39, 0.29) is 5.91 Å². The van der Waals surface area contributed by atoms with Crippen molar-refractivity contribution in [1.29, 1.82) is 0 Å². The molecule has 0 aromatic heterocycles. The van der Waals surface area contributed by atoms with E-state index in [1.54, 1.807) is 8.87 Å². The van der Waals surface area contributed by atoms with E-state index in [0.29, 0.717) is 0 Å². The fourth-order valence-corrected chi connectivity index (χ4v) is 12.1. The molecule has 0 atom stereocenters. The molecule has 0 unspecified atom stereocenters. The van der Waals surface area contributed by atoms with Gasteiger partial charge >= 0.3 is 149 Å². The Morgan fingerprint density at radius 2 is 1.61 bits per heavy atom. The van der Waals surface area contributed by atoms with Gasteiger partial charge in [0.05, 0.1) is 0 Å². The summed E-state index contributed by atoms with van der Waals surface area (Å²) in [5.74, 6) is 5.09. The van der Waals surface area contributed by atoms with E-state index < -0.39 is 19.8 Å². The van der Waals surface area contributed by atoms with Crippen LogP contribution >= 0.6 is 0 Å². The van der Waals surface area contributed by atoms with Crippen LogP contribution in [0.4, 0.5) is 0 Å². The number of rotatable bonds is 12. The quantitative estimate of drug-likeness (QED) is 0.168. The molecule has 3 N–H and O–H groups in total. The molecule has 0 saturated carbocycles. The molecule has 129 valence electrons. The topological polar surface area (TPSA) is 55.1 Å². The van der Waals surface area contributed by atoms with Crippen molar-refractivity contribution >= 4 is 25.7 Å². The van der Waals surface area contributed by atoms with Crippen molar-refractivity contribution in [2.75, 3.05) is 0 Å². The van der Waals surface area contributed by atoms with Gasteiger partial charge in [0.2, 0.25) is 0 Å². The molecule has 0 fully saturated rings. The minimum atomic E-state index is -1.12. The monoisotopic (exact) mass is 425 g/mol. The Morgan fingerprint density at radius 3 is 2.22 bits per heavy atom. The molecule has 0 aliphatic carbocycles. The number of benzene rings is 1. The summed E-state index contributed by atoms with van der Waals surface area (Å²) >= 11 is -1.12. The Morgan fingerprint density at radius 1 is 1.00 bits per heavy atom. The molecule has 0 saturated heterocycles. The molecule has 0 spiro atoms. The van der Waals surface area contributed by atoms with E-state index in [0.717, 1.165) is 17.5 Å². The van der Waals surface area contributed by atoms with Crippen molar-refractivity contribution in [3.05, 3.63) is 35.4 Å². The van der Waals surface area contributed by atoms with Gasteiger partial charge in [-0.1, -0.05) is 0 Å². The van der Waals surface area contributed by atoms with Gasteiger partial charge in [0.1, 0.15) is 0 Å². The predicted molar refractivity (Wildman–Crippen MR) is 101 cm³/mol. The molecular formula is C19H33N2OSn.